The number of benzene rings is 2. The number of hydrogen-bond donors (Lipinski definition) is 2. The first-order valence-electron chi connectivity index (χ1n) is 9.62. The minimum atomic E-state index is -4.80. The van der Waals surface area contributed by atoms with Crippen LogP contribution in [0.4, 0.5) is 17.6 Å². The molecular formula is C20H18F4N3O5PS. The molecular weight excluding hydrogens is 501 g/mol. The molecule has 2 N–H and O–H groups in total. The Morgan fingerprint density at radius 1 is 1.18 bits per heavy atom. The molecule has 0 bridgehead atoms. The van der Waals surface area contributed by atoms with Crippen LogP contribution in [0, 0.1) is 28.5 Å². The summed E-state index contributed by atoms with van der Waals surface area (Å²) in [5.41, 5.74) is -2.21. The summed E-state index contributed by atoms with van der Waals surface area (Å²) in [6, 6.07) is 7.89. The quantitative estimate of drug-likeness (QED) is 0.458. The second-order valence-electron chi connectivity index (χ2n) is 7.65. The molecule has 3 rings (SSSR count). The first-order valence-corrected chi connectivity index (χ1v) is 13.4. The summed E-state index contributed by atoms with van der Waals surface area (Å²) in [5, 5.41) is 28.3. The molecule has 1 aliphatic rings. The fraction of sp³-hybridized carbons (Fsp3) is 0.300. The van der Waals surface area contributed by atoms with E-state index < -0.39 is 70.0 Å². The first kappa shape index (κ1) is 25.8. The van der Waals surface area contributed by atoms with Gasteiger partial charge in [0.1, 0.15) is 0 Å². The van der Waals surface area contributed by atoms with Crippen LogP contribution >= 0.6 is 7.49 Å². The molecule has 0 aromatic heterocycles. The molecule has 2 aromatic carbocycles. The topological polar surface area (TPSA) is 135 Å². The van der Waals surface area contributed by atoms with E-state index in [1.807, 2.05) is 0 Å². The SMILES string of the molecule is CC(O)[PH]1(O)CN(S(=O)(=O)c2ccc(C(F)(F)F)cc2C#N)C[C@@H]1Oc1ccc(C#N)c(F)c1. The second-order valence-corrected chi connectivity index (χ2v) is 13.3. The number of rotatable bonds is 5. The molecule has 2 atom stereocenters. The van der Waals surface area contributed by atoms with Gasteiger partial charge in [-0.05, 0) is 0 Å². The van der Waals surface area contributed by atoms with Crippen molar-refractivity contribution in [1.29, 1.82) is 10.5 Å². The van der Waals surface area contributed by atoms with E-state index in [0.29, 0.717) is 18.2 Å². The third kappa shape index (κ3) is 4.71. The van der Waals surface area contributed by atoms with E-state index in [4.69, 9.17) is 10.00 Å². The standard InChI is InChI=1S/C20H18F4N3O5PS/c1-12(28)33(29)11-27(10-19(33)32-16-4-2-13(8-25)17(21)7-16)34(30,31)18-5-3-15(20(22,23)24)6-14(18)9-26/h2-7,12,19,28-29,33H,10-11H2,1H3/t12?,19-/m1/s1. The van der Waals surface area contributed by atoms with Gasteiger partial charge in [0.2, 0.25) is 0 Å². The molecule has 1 fully saturated rings. The summed E-state index contributed by atoms with van der Waals surface area (Å²) >= 11 is 0. The van der Waals surface area contributed by atoms with Crippen molar-refractivity contribution in [3.63, 3.8) is 0 Å². The van der Waals surface area contributed by atoms with Gasteiger partial charge >= 0.3 is 192 Å². The Morgan fingerprint density at radius 2 is 1.82 bits per heavy atom. The van der Waals surface area contributed by atoms with Gasteiger partial charge in [0.15, 0.2) is 0 Å². The van der Waals surface area contributed by atoms with Crippen LogP contribution in [0.1, 0.15) is 23.6 Å². The van der Waals surface area contributed by atoms with Crippen LogP contribution in [0.2, 0.25) is 0 Å². The van der Waals surface area contributed by atoms with Crippen molar-refractivity contribution in [2.45, 2.75) is 29.7 Å². The van der Waals surface area contributed by atoms with E-state index in [1.54, 1.807) is 6.07 Å². The Kier molecular flexibility index (Phi) is 6.91. The molecule has 0 saturated carbocycles. The zero-order valence-corrected chi connectivity index (χ0v) is 19.2. The summed E-state index contributed by atoms with van der Waals surface area (Å²) in [4.78, 5) is 10.4. The van der Waals surface area contributed by atoms with Crippen LogP contribution in [0.25, 0.3) is 0 Å². The van der Waals surface area contributed by atoms with Crippen molar-refractivity contribution in [3.05, 3.63) is 58.9 Å². The number of nitriles is 2. The predicted octanol–water partition coefficient (Wildman–Crippen LogP) is 2.95. The van der Waals surface area contributed by atoms with Gasteiger partial charge in [-0.3, -0.25) is 0 Å². The molecule has 0 amide bonds. The average molecular weight is 519 g/mol. The zero-order chi connectivity index (χ0) is 25.5. The molecule has 0 aliphatic carbocycles. The van der Waals surface area contributed by atoms with E-state index in [-0.39, 0.29) is 11.3 Å². The Morgan fingerprint density at radius 3 is 2.35 bits per heavy atom. The number of hydrogen-bond acceptors (Lipinski definition) is 7. The molecule has 1 heterocycles. The Bertz CT molecular complexity index is 1310. The second kappa shape index (κ2) is 9.10. The molecule has 0 spiro atoms. The van der Waals surface area contributed by atoms with E-state index >= 15 is 0 Å². The van der Waals surface area contributed by atoms with Crippen molar-refractivity contribution >= 4 is 17.5 Å². The third-order valence-corrected chi connectivity index (χ3v) is 11.3. The van der Waals surface area contributed by atoms with Gasteiger partial charge < -0.3 is 0 Å². The molecule has 0 radical (unpaired) electrons. The fourth-order valence-electron chi connectivity index (χ4n) is 3.50. The molecule has 14 heteroatoms. The van der Waals surface area contributed by atoms with Gasteiger partial charge in [-0.1, -0.05) is 0 Å². The van der Waals surface area contributed by atoms with E-state index in [1.165, 1.54) is 19.1 Å². The maximum atomic E-state index is 13.9. The third-order valence-electron chi connectivity index (χ3n) is 5.46. The van der Waals surface area contributed by atoms with Crippen LogP contribution in [-0.4, -0.2) is 47.2 Å². The summed E-state index contributed by atoms with van der Waals surface area (Å²) in [6.45, 7) is 0.723. The fourth-order valence-corrected chi connectivity index (χ4v) is 8.74. The average Bonchev–Trinajstić information content (AvgIpc) is 3.11. The number of nitrogens with zero attached hydrogens (tertiary/aromatic N) is 3. The predicted molar refractivity (Wildman–Crippen MR) is 113 cm³/mol. The van der Waals surface area contributed by atoms with Gasteiger partial charge in [-0.25, -0.2) is 0 Å². The number of ether oxygens (including phenoxy) is 1. The van der Waals surface area contributed by atoms with Crippen molar-refractivity contribution in [3.8, 4) is 17.9 Å². The number of halogens is 4. The Balaban J connectivity index is 1.97. The van der Waals surface area contributed by atoms with Gasteiger partial charge in [-0.15, -0.1) is 0 Å². The van der Waals surface area contributed by atoms with Crippen LogP contribution in [-0.2, 0) is 16.2 Å². The number of sulfonamides is 1. The van der Waals surface area contributed by atoms with Crippen molar-refractivity contribution in [1.82, 2.24) is 4.31 Å². The maximum absolute atomic E-state index is 13.9. The molecule has 1 saturated heterocycles. The monoisotopic (exact) mass is 519 g/mol. The normalized spacial score (nSPS) is 20.2. The van der Waals surface area contributed by atoms with Crippen molar-refractivity contribution < 1.29 is 40.7 Å². The van der Waals surface area contributed by atoms with Crippen molar-refractivity contribution in [2.75, 3.05) is 12.8 Å². The van der Waals surface area contributed by atoms with E-state index in [0.717, 1.165) is 16.4 Å². The van der Waals surface area contributed by atoms with E-state index in [9.17, 15) is 41.2 Å². The molecule has 8 nitrogen and oxygen atoms in total. The molecule has 182 valence electrons. The zero-order valence-electron chi connectivity index (χ0n) is 17.4. The molecule has 2 aromatic rings. The van der Waals surface area contributed by atoms with E-state index in [2.05, 4.69) is 0 Å². The van der Waals surface area contributed by atoms with Crippen LogP contribution in [0.5, 0.6) is 5.75 Å². The van der Waals surface area contributed by atoms with Crippen molar-refractivity contribution in [2.24, 2.45) is 0 Å². The summed E-state index contributed by atoms with van der Waals surface area (Å²) in [5.74, 6) is -3.72. The number of alkyl halides is 3. The molecule has 34 heavy (non-hydrogen) atoms. The number of aliphatic hydroxyl groups is 1. The van der Waals surface area contributed by atoms with Crippen LogP contribution in [0.15, 0.2) is 41.3 Å². The minimum absolute atomic E-state index is 0.125. The van der Waals surface area contributed by atoms with Gasteiger partial charge in [-0.2, -0.15) is 0 Å². The van der Waals surface area contributed by atoms with Crippen LogP contribution < -0.4 is 4.74 Å². The summed E-state index contributed by atoms with van der Waals surface area (Å²) in [7, 11) is -8.54. The first-order chi connectivity index (χ1) is 15.7. The van der Waals surface area contributed by atoms with Crippen LogP contribution in [0.3, 0.4) is 0 Å². The van der Waals surface area contributed by atoms with Gasteiger partial charge in [0, 0.05) is 0 Å². The molecule has 1 aliphatic heterocycles. The Labute approximate surface area is 192 Å². The number of aliphatic hydroxyl groups excluding tert-OH is 1. The Hall–Kier alpha value is -2.80. The van der Waals surface area contributed by atoms with Gasteiger partial charge in [0.25, 0.3) is 0 Å². The molecule has 1 unspecified atom stereocenters. The van der Waals surface area contributed by atoms with Gasteiger partial charge in [0.05, 0.1) is 0 Å². The summed E-state index contributed by atoms with van der Waals surface area (Å²) < 4.78 is 85.6. The summed E-state index contributed by atoms with van der Waals surface area (Å²) in [6.07, 6.45) is -5.38.